The van der Waals surface area contributed by atoms with Crippen molar-refractivity contribution in [2.45, 2.75) is 39.2 Å². The molecule has 0 unspecified atom stereocenters. The van der Waals surface area contributed by atoms with Crippen LogP contribution in [0, 0.1) is 24.5 Å². The predicted molar refractivity (Wildman–Crippen MR) is 92.5 cm³/mol. The molecule has 1 aliphatic heterocycles. The first-order valence-corrected chi connectivity index (χ1v) is 8.71. The molecule has 2 fully saturated rings. The fourth-order valence-electron chi connectivity index (χ4n) is 4.03. The maximum absolute atomic E-state index is 15.0. The van der Waals surface area contributed by atoms with Crippen LogP contribution in [0.25, 0.3) is 10.9 Å². The summed E-state index contributed by atoms with van der Waals surface area (Å²) in [6, 6.07) is 1.12. The second-order valence-electron chi connectivity index (χ2n) is 7.32. The zero-order valence-electron chi connectivity index (χ0n) is 14.3. The molecule has 1 aromatic carbocycles. The smallest absolute Gasteiger partial charge is 0.252 e. The minimum absolute atomic E-state index is 0.00427. The molecule has 0 bridgehead atoms. The minimum atomic E-state index is -1.04. The molecule has 25 heavy (non-hydrogen) atoms. The minimum Gasteiger partial charge on any atom is -0.369 e. The van der Waals surface area contributed by atoms with Gasteiger partial charge in [0.15, 0.2) is 17.9 Å². The molecule has 1 aliphatic carbocycles. The maximum atomic E-state index is 15.0. The van der Waals surface area contributed by atoms with Crippen LogP contribution in [0.1, 0.15) is 48.1 Å². The van der Waals surface area contributed by atoms with Gasteiger partial charge in [0.05, 0.1) is 11.2 Å². The quantitative estimate of drug-likeness (QED) is 0.798. The summed E-state index contributed by atoms with van der Waals surface area (Å²) in [5.41, 5.74) is 0.720. The van der Waals surface area contributed by atoms with Crippen LogP contribution in [0.3, 0.4) is 0 Å². The van der Waals surface area contributed by atoms with Crippen LogP contribution in [-0.4, -0.2) is 23.9 Å². The molecule has 1 aromatic heterocycles. The predicted octanol–water partition coefficient (Wildman–Crippen LogP) is 3.58. The van der Waals surface area contributed by atoms with Crippen molar-refractivity contribution in [2.24, 2.45) is 5.92 Å². The summed E-state index contributed by atoms with van der Waals surface area (Å²) in [6.45, 7) is 5.11. The number of carbonyl (C=O) groups is 1. The van der Waals surface area contributed by atoms with Crippen molar-refractivity contribution in [3.05, 3.63) is 39.2 Å². The number of hydrogen-bond acceptors (Lipinski definition) is 3. The number of aromatic nitrogens is 1. The molecular weight excluding hydrogens is 326 g/mol. The Kier molecular flexibility index (Phi) is 3.67. The molecule has 132 valence electrons. The van der Waals surface area contributed by atoms with E-state index in [1.54, 1.807) is 11.5 Å². The van der Waals surface area contributed by atoms with Crippen LogP contribution >= 0.6 is 0 Å². The number of fused-ring (bicyclic) bond motifs is 1. The standard InChI is InChI=1S/C19H20F2N2O2/c1-10-5-6-22(8-10)19-11(2)18-15(16(20)17(19)21)12(9-24)7-14(25)23(18)13-3-4-13/h7,9-10,13H,3-6,8H2,1-2H3/t10-/m0/s1. The maximum Gasteiger partial charge on any atom is 0.252 e. The Morgan fingerprint density at radius 1 is 1.20 bits per heavy atom. The third kappa shape index (κ3) is 2.38. The van der Waals surface area contributed by atoms with Crippen LogP contribution in [0.4, 0.5) is 14.5 Å². The van der Waals surface area contributed by atoms with E-state index in [1.807, 2.05) is 4.90 Å². The van der Waals surface area contributed by atoms with Crippen LogP contribution in [0.5, 0.6) is 0 Å². The van der Waals surface area contributed by atoms with E-state index in [0.29, 0.717) is 36.4 Å². The lowest BCUT2D eigenvalue weighted by Crippen LogP contribution is -2.25. The molecule has 1 saturated heterocycles. The first-order valence-electron chi connectivity index (χ1n) is 8.71. The SMILES string of the molecule is Cc1c(N2CC[C@H](C)C2)c(F)c(F)c2c(C=O)cc(=O)n(C3CC3)c12. The number of hydrogen-bond donors (Lipinski definition) is 0. The highest BCUT2D eigenvalue weighted by Gasteiger charge is 2.32. The number of benzene rings is 1. The van der Waals surface area contributed by atoms with Crippen LogP contribution in [0.2, 0.25) is 0 Å². The molecule has 4 nitrogen and oxygen atoms in total. The van der Waals surface area contributed by atoms with Gasteiger partial charge in [0.2, 0.25) is 0 Å². The van der Waals surface area contributed by atoms with Gasteiger partial charge < -0.3 is 9.47 Å². The molecule has 4 rings (SSSR count). The van der Waals surface area contributed by atoms with Crippen LogP contribution in [0.15, 0.2) is 10.9 Å². The number of carbonyl (C=O) groups excluding carboxylic acids is 1. The van der Waals surface area contributed by atoms with E-state index in [9.17, 15) is 18.4 Å². The first-order chi connectivity index (χ1) is 11.9. The molecule has 0 amide bonds. The van der Waals surface area contributed by atoms with Gasteiger partial charge in [-0.05, 0) is 32.1 Å². The van der Waals surface area contributed by atoms with Crippen molar-refractivity contribution >= 4 is 22.9 Å². The van der Waals surface area contributed by atoms with Gasteiger partial charge in [-0.25, -0.2) is 8.78 Å². The van der Waals surface area contributed by atoms with Gasteiger partial charge in [-0.15, -0.1) is 0 Å². The zero-order chi connectivity index (χ0) is 17.9. The zero-order valence-corrected chi connectivity index (χ0v) is 14.3. The number of pyridine rings is 1. The number of halogens is 2. The van der Waals surface area contributed by atoms with E-state index in [4.69, 9.17) is 0 Å². The summed E-state index contributed by atoms with van der Waals surface area (Å²) >= 11 is 0. The van der Waals surface area contributed by atoms with Crippen LogP contribution < -0.4 is 10.5 Å². The Hall–Kier alpha value is -2.24. The fraction of sp³-hybridized carbons (Fsp3) is 0.474. The molecule has 0 N–H and O–H groups in total. The first kappa shape index (κ1) is 16.2. The molecular formula is C19H20F2N2O2. The van der Waals surface area contributed by atoms with Crippen molar-refractivity contribution in [1.29, 1.82) is 0 Å². The number of rotatable bonds is 3. The van der Waals surface area contributed by atoms with Gasteiger partial charge in [-0.3, -0.25) is 9.59 Å². The van der Waals surface area contributed by atoms with Gasteiger partial charge in [0.25, 0.3) is 5.56 Å². The number of nitrogens with zero attached hydrogens (tertiary/aromatic N) is 2. The van der Waals surface area contributed by atoms with Crippen molar-refractivity contribution in [3.63, 3.8) is 0 Å². The molecule has 2 aromatic rings. The monoisotopic (exact) mass is 346 g/mol. The molecule has 1 saturated carbocycles. The Labute approximate surface area is 144 Å². The number of aldehydes is 1. The molecule has 6 heteroatoms. The van der Waals surface area contributed by atoms with Crippen molar-refractivity contribution in [2.75, 3.05) is 18.0 Å². The van der Waals surface area contributed by atoms with Gasteiger partial charge >= 0.3 is 0 Å². The summed E-state index contributed by atoms with van der Waals surface area (Å²) in [5, 5.41) is -0.0764. The Morgan fingerprint density at radius 2 is 1.92 bits per heavy atom. The van der Waals surface area contributed by atoms with E-state index >= 15 is 0 Å². The highest BCUT2D eigenvalue weighted by molar-refractivity contribution is 6.00. The molecule has 0 spiro atoms. The average Bonchev–Trinajstić information content (AvgIpc) is 3.33. The van der Waals surface area contributed by atoms with Gasteiger partial charge in [0.1, 0.15) is 0 Å². The van der Waals surface area contributed by atoms with E-state index in [2.05, 4.69) is 6.92 Å². The van der Waals surface area contributed by atoms with E-state index in [-0.39, 0.29) is 28.2 Å². The highest BCUT2D eigenvalue weighted by Crippen LogP contribution is 2.41. The molecule has 2 aliphatic rings. The second kappa shape index (κ2) is 5.64. The number of anilines is 1. The Balaban J connectivity index is 2.11. The number of aryl methyl sites for hydroxylation is 1. The lowest BCUT2D eigenvalue weighted by molar-refractivity contribution is 0.112. The molecule has 2 heterocycles. The van der Waals surface area contributed by atoms with E-state index < -0.39 is 11.6 Å². The normalized spacial score (nSPS) is 20.5. The summed E-state index contributed by atoms with van der Waals surface area (Å²) in [7, 11) is 0. The van der Waals surface area contributed by atoms with Crippen molar-refractivity contribution < 1.29 is 13.6 Å². The van der Waals surface area contributed by atoms with Gasteiger partial charge in [0, 0.05) is 41.7 Å². The topological polar surface area (TPSA) is 42.3 Å². The largest absolute Gasteiger partial charge is 0.369 e. The van der Waals surface area contributed by atoms with E-state index in [0.717, 1.165) is 25.3 Å². The van der Waals surface area contributed by atoms with E-state index in [1.165, 1.54) is 0 Å². The lowest BCUT2D eigenvalue weighted by Gasteiger charge is -2.24. The Morgan fingerprint density at radius 3 is 2.48 bits per heavy atom. The van der Waals surface area contributed by atoms with Gasteiger partial charge in [-0.2, -0.15) is 0 Å². The molecule has 0 radical (unpaired) electrons. The molecule has 1 atom stereocenters. The van der Waals surface area contributed by atoms with Crippen LogP contribution in [-0.2, 0) is 0 Å². The van der Waals surface area contributed by atoms with Crippen molar-refractivity contribution in [3.8, 4) is 0 Å². The van der Waals surface area contributed by atoms with Gasteiger partial charge in [-0.1, -0.05) is 6.92 Å². The second-order valence-corrected chi connectivity index (χ2v) is 7.32. The third-order valence-electron chi connectivity index (χ3n) is 5.39. The summed E-state index contributed by atoms with van der Waals surface area (Å²) in [6.07, 6.45) is 3.02. The lowest BCUT2D eigenvalue weighted by atomic mass is 10.0. The summed E-state index contributed by atoms with van der Waals surface area (Å²) in [5.74, 6) is -1.56. The summed E-state index contributed by atoms with van der Waals surface area (Å²) in [4.78, 5) is 25.7. The summed E-state index contributed by atoms with van der Waals surface area (Å²) < 4.78 is 31.4. The Bertz CT molecular complexity index is 947. The van der Waals surface area contributed by atoms with Crippen molar-refractivity contribution in [1.82, 2.24) is 4.57 Å². The third-order valence-corrected chi connectivity index (χ3v) is 5.39. The fourth-order valence-corrected chi connectivity index (χ4v) is 4.03. The highest BCUT2D eigenvalue weighted by atomic mass is 19.2. The average molecular weight is 346 g/mol.